The summed E-state index contributed by atoms with van der Waals surface area (Å²) in [5.74, 6) is -0.852. The van der Waals surface area contributed by atoms with Crippen molar-refractivity contribution in [3.63, 3.8) is 0 Å². The minimum Gasteiger partial charge on any atom is -0.543 e. The number of hydrogen-bond acceptors (Lipinski definition) is 4. The van der Waals surface area contributed by atoms with Crippen molar-refractivity contribution >= 4 is 25.3 Å². The van der Waals surface area contributed by atoms with Crippen molar-refractivity contribution in [2.24, 2.45) is 5.11 Å². The Kier molecular flexibility index (Phi) is 4.64. The average Bonchev–Trinajstić information content (AvgIpc) is 2.83. The Bertz CT molecular complexity index is 830. The molecule has 1 aromatic carbocycles. The summed E-state index contributed by atoms with van der Waals surface area (Å²) in [6.45, 7) is 10.5. The molecule has 24 heavy (non-hydrogen) atoms. The molecule has 0 aliphatic rings. The number of azide groups is 1. The lowest BCUT2D eigenvalue weighted by Gasteiger charge is -2.36. The molecule has 0 saturated carbocycles. The summed E-state index contributed by atoms with van der Waals surface area (Å²) in [6.07, 6.45) is 0. The van der Waals surface area contributed by atoms with Gasteiger partial charge in [-0.3, -0.25) is 0 Å². The molecule has 0 atom stereocenters. The molecule has 0 amide bonds. The van der Waals surface area contributed by atoms with E-state index in [1.165, 1.54) is 0 Å². The first-order chi connectivity index (χ1) is 11.1. The Labute approximate surface area is 141 Å². The van der Waals surface area contributed by atoms with E-state index in [1.54, 1.807) is 18.2 Å². The molecule has 2 rings (SSSR count). The molecule has 0 fully saturated rings. The fourth-order valence-electron chi connectivity index (χ4n) is 2.12. The lowest BCUT2D eigenvalue weighted by molar-refractivity contribution is 0.0663. The van der Waals surface area contributed by atoms with Crippen molar-refractivity contribution in [3.8, 4) is 5.75 Å². The zero-order valence-electron chi connectivity index (χ0n) is 14.5. The van der Waals surface area contributed by atoms with Crippen molar-refractivity contribution in [1.82, 2.24) is 0 Å². The number of rotatable bonds is 5. The molecule has 0 aliphatic carbocycles. The Balaban J connectivity index is 2.67. The molecule has 1 aromatic heterocycles. The average molecular weight is 347 g/mol. The van der Waals surface area contributed by atoms with Gasteiger partial charge < -0.3 is 13.9 Å². The normalized spacial score (nSPS) is 12.0. The third-order valence-corrected chi connectivity index (χ3v) is 8.78. The summed E-state index contributed by atoms with van der Waals surface area (Å²) in [5.41, 5.74) is 9.33. The number of benzene rings is 1. The minimum absolute atomic E-state index is 0.0144. The monoisotopic (exact) mass is 347 g/mol. The van der Waals surface area contributed by atoms with E-state index in [0.29, 0.717) is 22.3 Å². The Morgan fingerprint density at radius 3 is 2.62 bits per heavy atom. The van der Waals surface area contributed by atoms with Crippen LogP contribution in [-0.2, 0) is 6.54 Å². The first kappa shape index (κ1) is 17.9. The van der Waals surface area contributed by atoms with Crippen molar-refractivity contribution in [2.45, 2.75) is 45.4 Å². The third kappa shape index (κ3) is 3.24. The van der Waals surface area contributed by atoms with Gasteiger partial charge in [-0.15, -0.1) is 0 Å². The highest BCUT2D eigenvalue weighted by Gasteiger charge is 2.39. The molecule has 2 aromatic rings. The zero-order chi connectivity index (χ0) is 18.1. The van der Waals surface area contributed by atoms with Crippen molar-refractivity contribution in [1.29, 1.82) is 0 Å². The highest BCUT2D eigenvalue weighted by atomic mass is 28.4. The molecular weight excluding hydrogens is 326 g/mol. The van der Waals surface area contributed by atoms with Gasteiger partial charge in [0.25, 0.3) is 8.32 Å². The van der Waals surface area contributed by atoms with E-state index in [9.17, 15) is 9.90 Å². The van der Waals surface area contributed by atoms with Crippen LogP contribution in [-0.4, -0.2) is 19.4 Å². The van der Waals surface area contributed by atoms with E-state index in [0.717, 1.165) is 0 Å². The van der Waals surface area contributed by atoms with Gasteiger partial charge in [-0.05, 0) is 35.8 Å². The molecule has 0 unspecified atom stereocenters. The first-order valence-corrected chi connectivity index (χ1v) is 10.5. The van der Waals surface area contributed by atoms with Crippen molar-refractivity contribution < 1.29 is 18.7 Å². The largest absolute Gasteiger partial charge is 0.543 e. The minimum atomic E-state index is -2.13. The highest BCUT2D eigenvalue weighted by molar-refractivity contribution is 6.74. The van der Waals surface area contributed by atoms with Crippen LogP contribution in [0.2, 0.25) is 18.1 Å². The van der Waals surface area contributed by atoms with Gasteiger partial charge in [0, 0.05) is 10.5 Å². The lowest BCUT2D eigenvalue weighted by atomic mass is 10.1. The van der Waals surface area contributed by atoms with Crippen molar-refractivity contribution in [2.75, 3.05) is 0 Å². The molecule has 0 spiro atoms. The lowest BCUT2D eigenvalue weighted by Crippen LogP contribution is -2.43. The molecule has 1 heterocycles. The maximum atomic E-state index is 11.4. The van der Waals surface area contributed by atoms with Gasteiger partial charge in [0.05, 0.1) is 11.9 Å². The summed E-state index contributed by atoms with van der Waals surface area (Å²) < 4.78 is 11.8. The molecule has 128 valence electrons. The van der Waals surface area contributed by atoms with E-state index in [1.807, 2.05) is 0 Å². The van der Waals surface area contributed by atoms with Crippen LogP contribution >= 0.6 is 0 Å². The summed E-state index contributed by atoms with van der Waals surface area (Å²) in [6, 6.07) is 5.24. The Hall–Kier alpha value is -2.44. The number of carbonyl (C=O) groups is 1. The van der Waals surface area contributed by atoms with Crippen LogP contribution in [0.4, 0.5) is 0 Å². The predicted octanol–water partition coefficient (Wildman–Crippen LogP) is 5.33. The summed E-state index contributed by atoms with van der Waals surface area (Å²) >= 11 is 0. The Morgan fingerprint density at radius 2 is 2.08 bits per heavy atom. The van der Waals surface area contributed by atoms with E-state index in [4.69, 9.17) is 14.4 Å². The number of aromatic carboxylic acids is 1. The van der Waals surface area contributed by atoms with Crippen molar-refractivity contribution in [3.05, 3.63) is 40.0 Å². The number of fused-ring (bicyclic) bond motifs is 1. The summed E-state index contributed by atoms with van der Waals surface area (Å²) in [7, 11) is -2.13. The van der Waals surface area contributed by atoms with Crippen LogP contribution in [0, 0.1) is 0 Å². The molecule has 0 saturated heterocycles. The van der Waals surface area contributed by atoms with E-state index >= 15 is 0 Å². The summed E-state index contributed by atoms with van der Waals surface area (Å²) in [5, 5.41) is 13.4. The second kappa shape index (κ2) is 6.22. The number of nitrogens with zero attached hydrogens (tertiary/aromatic N) is 3. The second-order valence-corrected chi connectivity index (χ2v) is 11.8. The standard InChI is InChI=1S/C16H21N3O4Si/c1-16(2,3)24(4,5)23-12-8-6-7-11-13(12)10(9-18-19-17)14(22-11)15(20)21/h6-8H,9H2,1-5H3,(H,20,21). The number of hydrogen-bond donors (Lipinski definition) is 1. The third-order valence-electron chi connectivity index (χ3n) is 4.43. The van der Waals surface area contributed by atoms with E-state index in [-0.39, 0.29) is 17.3 Å². The number of furan rings is 1. The van der Waals surface area contributed by atoms with Gasteiger partial charge in [0.1, 0.15) is 11.3 Å². The molecule has 7 nitrogen and oxygen atoms in total. The summed E-state index contributed by atoms with van der Waals surface area (Å²) in [4.78, 5) is 14.2. The van der Waals surface area contributed by atoms with E-state index in [2.05, 4.69) is 43.9 Å². The van der Waals surface area contributed by atoms with Gasteiger partial charge >= 0.3 is 5.97 Å². The van der Waals surface area contributed by atoms with Crippen LogP contribution in [0.3, 0.4) is 0 Å². The predicted molar refractivity (Wildman–Crippen MR) is 93.8 cm³/mol. The first-order valence-electron chi connectivity index (χ1n) is 7.56. The van der Waals surface area contributed by atoms with Gasteiger partial charge in [-0.2, -0.15) is 0 Å². The highest BCUT2D eigenvalue weighted by Crippen LogP contribution is 2.41. The number of carboxylic acids is 1. The van der Waals surface area contributed by atoms with Crippen LogP contribution < -0.4 is 4.43 Å². The Morgan fingerprint density at radius 1 is 1.42 bits per heavy atom. The van der Waals surface area contributed by atoms with Gasteiger partial charge in [-0.1, -0.05) is 32.0 Å². The fraction of sp³-hybridized carbons (Fsp3) is 0.438. The molecule has 8 heteroatoms. The molecular formula is C16H21N3O4Si. The maximum Gasteiger partial charge on any atom is 0.372 e. The van der Waals surface area contributed by atoms with Crippen LogP contribution in [0.1, 0.15) is 36.9 Å². The second-order valence-electron chi connectivity index (χ2n) is 7.10. The SMILES string of the molecule is CC(C)(C)[Si](C)(C)Oc1cccc2oc(C(=O)O)c(CN=[N+]=[N-])c12. The van der Waals surface area contributed by atoms with Crippen LogP contribution in [0.15, 0.2) is 27.7 Å². The fourth-order valence-corrected chi connectivity index (χ4v) is 3.14. The van der Waals surface area contributed by atoms with Crippen LogP contribution in [0.25, 0.3) is 21.4 Å². The topological polar surface area (TPSA) is 108 Å². The van der Waals surface area contributed by atoms with E-state index < -0.39 is 14.3 Å². The van der Waals surface area contributed by atoms with Gasteiger partial charge in [0.2, 0.25) is 5.76 Å². The maximum absolute atomic E-state index is 11.4. The molecule has 1 N–H and O–H groups in total. The zero-order valence-corrected chi connectivity index (χ0v) is 15.5. The van der Waals surface area contributed by atoms with Gasteiger partial charge in [0.15, 0.2) is 0 Å². The quantitative estimate of drug-likeness (QED) is 0.341. The molecule has 0 aliphatic heterocycles. The molecule has 0 radical (unpaired) electrons. The van der Waals surface area contributed by atoms with Crippen LogP contribution in [0.5, 0.6) is 5.75 Å². The van der Waals surface area contributed by atoms with Gasteiger partial charge in [-0.25, -0.2) is 4.79 Å². The number of carboxylic acid groups (broad SMARTS) is 1. The smallest absolute Gasteiger partial charge is 0.372 e. The molecule has 0 bridgehead atoms.